The van der Waals surface area contributed by atoms with Crippen LogP contribution < -0.4 is 0 Å². The van der Waals surface area contributed by atoms with E-state index >= 15 is 0 Å². The average molecular weight is 208 g/mol. The van der Waals surface area contributed by atoms with Gasteiger partial charge in [-0.15, -0.1) is 0 Å². The third-order valence-corrected chi connectivity index (χ3v) is 4.27. The molecule has 0 aromatic rings. The second kappa shape index (κ2) is 5.18. The van der Waals surface area contributed by atoms with Crippen LogP contribution in [-0.2, 0) is 0 Å². The molecule has 1 aliphatic rings. The predicted molar refractivity (Wildman–Crippen MR) is 68.8 cm³/mol. The Kier molecular flexibility index (Phi) is 4.43. The van der Waals surface area contributed by atoms with Gasteiger partial charge in [0.1, 0.15) is 0 Å². The van der Waals surface area contributed by atoms with Gasteiger partial charge in [-0.25, -0.2) is 0 Å². The average Bonchev–Trinajstić information content (AvgIpc) is 2.10. The maximum atomic E-state index is 4.21. The Morgan fingerprint density at radius 1 is 1.20 bits per heavy atom. The van der Waals surface area contributed by atoms with Crippen molar-refractivity contribution in [3.63, 3.8) is 0 Å². The van der Waals surface area contributed by atoms with Crippen molar-refractivity contribution in [2.75, 3.05) is 0 Å². The predicted octanol–water partition coefficient (Wildman–Crippen LogP) is 4.91. The molecule has 0 saturated heterocycles. The summed E-state index contributed by atoms with van der Waals surface area (Å²) in [5.41, 5.74) is 1.40. The highest BCUT2D eigenvalue weighted by molar-refractivity contribution is 5.02. The summed E-state index contributed by atoms with van der Waals surface area (Å²) in [5.74, 6) is 4.19. The highest BCUT2D eigenvalue weighted by Gasteiger charge is 2.33. The van der Waals surface area contributed by atoms with Gasteiger partial charge in [0.05, 0.1) is 0 Å². The van der Waals surface area contributed by atoms with Crippen LogP contribution in [0, 0.1) is 29.6 Å². The van der Waals surface area contributed by atoms with Gasteiger partial charge in [-0.05, 0) is 42.9 Å². The molecule has 15 heavy (non-hydrogen) atoms. The zero-order chi connectivity index (χ0) is 11.6. The van der Waals surface area contributed by atoms with E-state index < -0.39 is 0 Å². The van der Waals surface area contributed by atoms with Crippen molar-refractivity contribution in [1.82, 2.24) is 0 Å². The fourth-order valence-electron chi connectivity index (χ4n) is 3.51. The Balaban J connectivity index is 2.76. The first-order valence-corrected chi connectivity index (χ1v) is 6.58. The molecule has 0 amide bonds. The van der Waals surface area contributed by atoms with Gasteiger partial charge in [0.15, 0.2) is 0 Å². The Labute approximate surface area is 96.2 Å². The second-order valence-electron chi connectivity index (χ2n) is 6.18. The van der Waals surface area contributed by atoms with E-state index in [4.69, 9.17) is 0 Å². The molecule has 0 aromatic carbocycles. The molecule has 0 heterocycles. The van der Waals surface area contributed by atoms with Gasteiger partial charge < -0.3 is 0 Å². The zero-order valence-corrected chi connectivity index (χ0v) is 11.2. The van der Waals surface area contributed by atoms with E-state index in [9.17, 15) is 0 Å². The van der Waals surface area contributed by atoms with Crippen LogP contribution in [0.25, 0.3) is 0 Å². The van der Waals surface area contributed by atoms with Crippen LogP contribution in [0.15, 0.2) is 12.2 Å². The van der Waals surface area contributed by atoms with Crippen molar-refractivity contribution in [3.05, 3.63) is 12.2 Å². The first-order chi connectivity index (χ1) is 6.93. The van der Waals surface area contributed by atoms with E-state index in [1.165, 1.54) is 24.8 Å². The quantitative estimate of drug-likeness (QED) is 0.578. The van der Waals surface area contributed by atoms with Gasteiger partial charge in [-0.2, -0.15) is 0 Å². The molecule has 4 atom stereocenters. The third kappa shape index (κ3) is 3.09. The summed E-state index contributed by atoms with van der Waals surface area (Å²) in [5, 5.41) is 0. The Hall–Kier alpha value is -0.260. The summed E-state index contributed by atoms with van der Waals surface area (Å²) in [6.45, 7) is 16.0. The van der Waals surface area contributed by atoms with Crippen LogP contribution in [0.4, 0.5) is 0 Å². The minimum atomic E-state index is 0.739. The summed E-state index contributed by atoms with van der Waals surface area (Å²) < 4.78 is 0. The second-order valence-corrected chi connectivity index (χ2v) is 6.18. The van der Waals surface area contributed by atoms with E-state index in [2.05, 4.69) is 41.2 Å². The Bertz CT molecular complexity index is 214. The van der Waals surface area contributed by atoms with Crippen molar-refractivity contribution >= 4 is 0 Å². The lowest BCUT2D eigenvalue weighted by atomic mass is 9.65. The number of rotatable bonds is 3. The van der Waals surface area contributed by atoms with Gasteiger partial charge in [-0.3, -0.25) is 0 Å². The highest BCUT2D eigenvalue weighted by Crippen LogP contribution is 2.42. The molecule has 1 fully saturated rings. The lowest BCUT2D eigenvalue weighted by molar-refractivity contribution is 0.130. The van der Waals surface area contributed by atoms with E-state index in [0.29, 0.717) is 0 Å². The van der Waals surface area contributed by atoms with Crippen molar-refractivity contribution in [2.24, 2.45) is 29.6 Å². The van der Waals surface area contributed by atoms with E-state index in [1.54, 1.807) is 0 Å². The van der Waals surface area contributed by atoms with Gasteiger partial charge >= 0.3 is 0 Å². The molecule has 0 spiro atoms. The summed E-state index contributed by atoms with van der Waals surface area (Å²) in [6.07, 6.45) is 4.26. The monoisotopic (exact) mass is 208 g/mol. The fraction of sp³-hybridized carbons (Fsp3) is 0.867. The maximum absolute atomic E-state index is 4.21. The van der Waals surface area contributed by atoms with Crippen LogP contribution in [0.2, 0.25) is 0 Å². The number of hydrogen-bond acceptors (Lipinski definition) is 0. The molecule has 88 valence electrons. The summed E-state index contributed by atoms with van der Waals surface area (Å²) >= 11 is 0. The summed E-state index contributed by atoms with van der Waals surface area (Å²) in [7, 11) is 0. The molecule has 0 nitrogen and oxygen atoms in total. The van der Waals surface area contributed by atoms with Gasteiger partial charge in [-0.1, -0.05) is 52.7 Å². The molecular formula is C15H28. The smallest absolute Gasteiger partial charge is 0.0155 e. The third-order valence-electron chi connectivity index (χ3n) is 4.27. The molecule has 0 heteroatoms. The van der Waals surface area contributed by atoms with Gasteiger partial charge in [0, 0.05) is 0 Å². The van der Waals surface area contributed by atoms with Gasteiger partial charge in [0.25, 0.3) is 0 Å². The number of allylic oxidation sites excluding steroid dienone is 1. The fourth-order valence-corrected chi connectivity index (χ4v) is 3.51. The minimum Gasteiger partial charge on any atom is -0.0998 e. The Morgan fingerprint density at radius 2 is 1.80 bits per heavy atom. The molecule has 1 saturated carbocycles. The van der Waals surface area contributed by atoms with Crippen molar-refractivity contribution in [2.45, 2.75) is 53.9 Å². The maximum Gasteiger partial charge on any atom is -0.0155 e. The Morgan fingerprint density at radius 3 is 2.27 bits per heavy atom. The molecule has 4 unspecified atom stereocenters. The molecule has 0 radical (unpaired) electrons. The first-order valence-electron chi connectivity index (χ1n) is 6.58. The van der Waals surface area contributed by atoms with E-state index in [0.717, 1.165) is 29.6 Å². The van der Waals surface area contributed by atoms with E-state index in [-0.39, 0.29) is 0 Å². The van der Waals surface area contributed by atoms with Crippen molar-refractivity contribution in [1.29, 1.82) is 0 Å². The van der Waals surface area contributed by atoms with Crippen molar-refractivity contribution < 1.29 is 0 Å². The van der Waals surface area contributed by atoms with Crippen LogP contribution in [0.5, 0.6) is 0 Å². The van der Waals surface area contributed by atoms with Gasteiger partial charge in [0.2, 0.25) is 0 Å². The standard InChI is InChI=1S/C15H28/c1-10(2)15(11(3)4)14-9-12(5)7-8-13(14)6/h11-15H,1,7-9H2,2-6H3. The summed E-state index contributed by atoms with van der Waals surface area (Å²) in [6, 6.07) is 0. The lowest BCUT2D eigenvalue weighted by Gasteiger charge is -2.40. The first kappa shape index (κ1) is 12.8. The van der Waals surface area contributed by atoms with Crippen LogP contribution in [-0.4, -0.2) is 0 Å². The van der Waals surface area contributed by atoms with Crippen molar-refractivity contribution in [3.8, 4) is 0 Å². The van der Waals surface area contributed by atoms with Crippen LogP contribution in [0.1, 0.15) is 53.9 Å². The largest absolute Gasteiger partial charge is 0.0998 e. The number of hydrogen-bond donors (Lipinski definition) is 0. The molecule has 1 rings (SSSR count). The highest BCUT2D eigenvalue weighted by atomic mass is 14.4. The molecule has 0 N–H and O–H groups in total. The lowest BCUT2D eigenvalue weighted by Crippen LogP contribution is -2.31. The summed E-state index contributed by atoms with van der Waals surface area (Å²) in [4.78, 5) is 0. The SMILES string of the molecule is C=C(C)C(C(C)C)C1CC(C)CCC1C. The molecular weight excluding hydrogens is 180 g/mol. The topological polar surface area (TPSA) is 0 Å². The zero-order valence-electron chi connectivity index (χ0n) is 11.2. The van der Waals surface area contributed by atoms with Crippen LogP contribution in [0.3, 0.4) is 0 Å². The molecule has 0 aliphatic heterocycles. The normalized spacial score (nSPS) is 34.1. The molecule has 0 bridgehead atoms. The molecule has 0 aromatic heterocycles. The van der Waals surface area contributed by atoms with Crippen LogP contribution >= 0.6 is 0 Å². The molecule has 1 aliphatic carbocycles. The minimum absolute atomic E-state index is 0.739. The van der Waals surface area contributed by atoms with E-state index in [1.807, 2.05) is 0 Å².